The first-order valence-corrected chi connectivity index (χ1v) is 9.62. The molecule has 1 saturated heterocycles. The minimum Gasteiger partial charge on any atom is -0.351 e. The summed E-state index contributed by atoms with van der Waals surface area (Å²) < 4.78 is 0. The number of carbonyl (C=O) groups is 2. The first kappa shape index (κ1) is 18.0. The third-order valence-corrected chi connectivity index (χ3v) is 5.61. The van der Waals surface area contributed by atoms with Crippen molar-refractivity contribution in [3.05, 3.63) is 35.4 Å². The second-order valence-electron chi connectivity index (χ2n) is 8.25. The number of amides is 2. The van der Waals surface area contributed by atoms with Crippen LogP contribution in [0.2, 0.25) is 0 Å². The van der Waals surface area contributed by atoms with Gasteiger partial charge in [0, 0.05) is 31.6 Å². The van der Waals surface area contributed by atoms with Gasteiger partial charge in [-0.15, -0.1) is 0 Å². The van der Waals surface area contributed by atoms with Crippen molar-refractivity contribution in [3.63, 3.8) is 0 Å². The fraction of sp³-hybridized carbons (Fsp3) is 0.619. The molecule has 1 aromatic carbocycles. The number of carbonyl (C=O) groups excluding carboxylic acids is 2. The van der Waals surface area contributed by atoms with Crippen molar-refractivity contribution in [1.29, 1.82) is 0 Å². The quantitative estimate of drug-likeness (QED) is 0.820. The molecule has 1 aliphatic heterocycles. The molecule has 2 amide bonds. The standard InChI is InChI=1S/C21H30N2O2/c1-16(2)13-21(9-5-10-21)15-22-20(25)18-7-3-6-17(12-18)14-23-11-4-8-19(23)24/h3,6-7,12,16H,4-5,8-11,13-15H2,1-2H3,(H,22,25). The maximum Gasteiger partial charge on any atom is 0.251 e. The zero-order valence-electron chi connectivity index (χ0n) is 15.5. The van der Waals surface area contributed by atoms with E-state index < -0.39 is 0 Å². The molecule has 0 atom stereocenters. The van der Waals surface area contributed by atoms with Crippen LogP contribution in [0.3, 0.4) is 0 Å². The molecule has 0 bridgehead atoms. The SMILES string of the molecule is CC(C)CC1(CNC(=O)c2cccc(CN3CCCC3=O)c2)CCC1. The van der Waals surface area contributed by atoms with Crippen molar-refractivity contribution in [2.45, 2.75) is 58.9 Å². The molecule has 1 heterocycles. The highest BCUT2D eigenvalue weighted by Gasteiger charge is 2.37. The van der Waals surface area contributed by atoms with Gasteiger partial charge in [0.1, 0.15) is 0 Å². The van der Waals surface area contributed by atoms with E-state index in [4.69, 9.17) is 0 Å². The Morgan fingerprint density at radius 2 is 2.08 bits per heavy atom. The predicted molar refractivity (Wildman–Crippen MR) is 99.2 cm³/mol. The molecule has 0 spiro atoms. The summed E-state index contributed by atoms with van der Waals surface area (Å²) >= 11 is 0. The largest absolute Gasteiger partial charge is 0.351 e. The lowest BCUT2D eigenvalue weighted by Gasteiger charge is -2.43. The van der Waals surface area contributed by atoms with Gasteiger partial charge in [-0.1, -0.05) is 32.4 Å². The number of nitrogens with one attached hydrogen (secondary N) is 1. The molecule has 4 nitrogen and oxygen atoms in total. The van der Waals surface area contributed by atoms with E-state index in [1.54, 1.807) is 0 Å². The van der Waals surface area contributed by atoms with E-state index in [0.717, 1.165) is 25.1 Å². The number of rotatable bonds is 7. The van der Waals surface area contributed by atoms with Gasteiger partial charge in [0.2, 0.25) is 5.91 Å². The highest BCUT2D eigenvalue weighted by atomic mass is 16.2. The highest BCUT2D eigenvalue weighted by Crippen LogP contribution is 2.45. The van der Waals surface area contributed by atoms with Crippen LogP contribution in [0.1, 0.15) is 68.3 Å². The predicted octanol–water partition coefficient (Wildman–Crippen LogP) is 3.76. The Morgan fingerprint density at radius 3 is 2.68 bits per heavy atom. The molecule has 2 aliphatic rings. The van der Waals surface area contributed by atoms with Crippen molar-refractivity contribution >= 4 is 11.8 Å². The number of nitrogens with zero attached hydrogens (tertiary/aromatic N) is 1. The van der Waals surface area contributed by atoms with E-state index in [1.807, 2.05) is 29.2 Å². The fourth-order valence-corrected chi connectivity index (χ4v) is 4.27. The fourth-order valence-electron chi connectivity index (χ4n) is 4.27. The summed E-state index contributed by atoms with van der Waals surface area (Å²) in [5, 5.41) is 3.16. The normalized spacial score (nSPS) is 19.2. The van der Waals surface area contributed by atoms with Crippen LogP contribution in [-0.2, 0) is 11.3 Å². The van der Waals surface area contributed by atoms with Crippen molar-refractivity contribution in [3.8, 4) is 0 Å². The minimum absolute atomic E-state index is 0.00429. The zero-order valence-corrected chi connectivity index (χ0v) is 15.5. The third kappa shape index (κ3) is 4.42. The van der Waals surface area contributed by atoms with E-state index in [0.29, 0.717) is 29.9 Å². The summed E-state index contributed by atoms with van der Waals surface area (Å²) in [6.45, 7) is 6.72. The Balaban J connectivity index is 1.58. The molecule has 4 heteroatoms. The summed E-state index contributed by atoms with van der Waals surface area (Å²) in [6.07, 6.45) is 6.51. The summed E-state index contributed by atoms with van der Waals surface area (Å²) in [4.78, 5) is 26.2. The van der Waals surface area contributed by atoms with E-state index in [2.05, 4.69) is 19.2 Å². The van der Waals surface area contributed by atoms with Crippen LogP contribution in [0.15, 0.2) is 24.3 Å². The highest BCUT2D eigenvalue weighted by molar-refractivity contribution is 5.94. The topological polar surface area (TPSA) is 49.4 Å². The molecule has 3 rings (SSSR count). The van der Waals surface area contributed by atoms with E-state index in [1.165, 1.54) is 25.7 Å². The second kappa shape index (κ2) is 7.59. The maximum atomic E-state index is 12.6. The number of benzene rings is 1. The Labute approximate surface area is 151 Å². The summed E-state index contributed by atoms with van der Waals surface area (Å²) in [6, 6.07) is 7.70. The average molecular weight is 342 g/mol. The smallest absolute Gasteiger partial charge is 0.251 e. The van der Waals surface area contributed by atoms with Crippen molar-refractivity contribution in [2.75, 3.05) is 13.1 Å². The van der Waals surface area contributed by atoms with Crippen LogP contribution in [0, 0.1) is 11.3 Å². The summed E-state index contributed by atoms with van der Waals surface area (Å²) in [7, 11) is 0. The Morgan fingerprint density at radius 1 is 1.28 bits per heavy atom. The van der Waals surface area contributed by atoms with Gasteiger partial charge >= 0.3 is 0 Å². The first-order chi connectivity index (χ1) is 12.0. The van der Waals surface area contributed by atoms with Crippen LogP contribution in [0.4, 0.5) is 0 Å². The second-order valence-corrected chi connectivity index (χ2v) is 8.25. The van der Waals surface area contributed by atoms with Crippen molar-refractivity contribution in [1.82, 2.24) is 10.2 Å². The van der Waals surface area contributed by atoms with E-state index in [-0.39, 0.29) is 11.8 Å². The van der Waals surface area contributed by atoms with Crippen LogP contribution < -0.4 is 5.32 Å². The molecule has 0 radical (unpaired) electrons. The Bertz CT molecular complexity index is 635. The molecule has 1 saturated carbocycles. The van der Waals surface area contributed by atoms with Gasteiger partial charge in [-0.2, -0.15) is 0 Å². The molecular weight excluding hydrogens is 312 g/mol. The molecule has 136 valence electrons. The van der Waals surface area contributed by atoms with Gasteiger partial charge in [0.25, 0.3) is 5.91 Å². The van der Waals surface area contributed by atoms with E-state index in [9.17, 15) is 9.59 Å². The molecule has 1 N–H and O–H groups in total. The summed E-state index contributed by atoms with van der Waals surface area (Å²) in [5.41, 5.74) is 2.04. The van der Waals surface area contributed by atoms with Gasteiger partial charge in [-0.25, -0.2) is 0 Å². The van der Waals surface area contributed by atoms with Gasteiger partial charge in [-0.05, 0) is 54.7 Å². The van der Waals surface area contributed by atoms with Gasteiger partial charge < -0.3 is 10.2 Å². The molecule has 1 aromatic rings. The number of hydrogen-bond donors (Lipinski definition) is 1. The zero-order chi connectivity index (χ0) is 17.9. The lowest BCUT2D eigenvalue weighted by atomic mass is 9.64. The molecule has 25 heavy (non-hydrogen) atoms. The van der Waals surface area contributed by atoms with Crippen LogP contribution in [-0.4, -0.2) is 29.8 Å². The monoisotopic (exact) mass is 342 g/mol. The Hall–Kier alpha value is -1.84. The van der Waals surface area contributed by atoms with Gasteiger partial charge in [-0.3, -0.25) is 9.59 Å². The molecular formula is C21H30N2O2. The van der Waals surface area contributed by atoms with Crippen LogP contribution in [0.5, 0.6) is 0 Å². The lowest BCUT2D eigenvalue weighted by Crippen LogP contribution is -2.43. The van der Waals surface area contributed by atoms with Crippen molar-refractivity contribution < 1.29 is 9.59 Å². The third-order valence-electron chi connectivity index (χ3n) is 5.61. The van der Waals surface area contributed by atoms with Crippen LogP contribution in [0.25, 0.3) is 0 Å². The van der Waals surface area contributed by atoms with Crippen LogP contribution >= 0.6 is 0 Å². The van der Waals surface area contributed by atoms with Crippen molar-refractivity contribution in [2.24, 2.45) is 11.3 Å². The molecule has 0 aromatic heterocycles. The molecule has 0 unspecified atom stereocenters. The molecule has 2 fully saturated rings. The maximum absolute atomic E-state index is 12.6. The number of likely N-dealkylation sites (tertiary alicyclic amines) is 1. The Kier molecular flexibility index (Phi) is 5.45. The minimum atomic E-state index is 0.00429. The first-order valence-electron chi connectivity index (χ1n) is 9.62. The average Bonchev–Trinajstić information content (AvgIpc) is 2.94. The van der Waals surface area contributed by atoms with Gasteiger partial charge in [0.15, 0.2) is 0 Å². The van der Waals surface area contributed by atoms with Gasteiger partial charge in [0.05, 0.1) is 0 Å². The lowest BCUT2D eigenvalue weighted by molar-refractivity contribution is -0.128. The number of hydrogen-bond acceptors (Lipinski definition) is 2. The van der Waals surface area contributed by atoms with E-state index >= 15 is 0 Å². The molecule has 1 aliphatic carbocycles. The summed E-state index contributed by atoms with van der Waals surface area (Å²) in [5.74, 6) is 0.888.